The number of carbonyl (C=O) groups excluding carboxylic acids is 2. The van der Waals surface area contributed by atoms with E-state index in [4.69, 9.17) is 31.2 Å². The molecule has 67 heavy (non-hydrogen) atoms. The Labute approximate surface area is 402 Å². The first-order chi connectivity index (χ1) is 31.5. The van der Waals surface area contributed by atoms with Crippen molar-refractivity contribution in [2.24, 2.45) is 29.2 Å². The minimum Gasteiger partial charge on any atom is -0.480 e. The quantitative estimate of drug-likeness (QED) is 0.0490. The molecule has 4 aliphatic rings. The van der Waals surface area contributed by atoms with E-state index >= 15 is 0 Å². The van der Waals surface area contributed by atoms with Crippen LogP contribution in [0.2, 0.25) is 0 Å². The average molecular weight is 1000 g/mol. The van der Waals surface area contributed by atoms with E-state index in [1.807, 2.05) is 11.9 Å². The first-order valence-electron chi connectivity index (χ1n) is 23.8. The molecular formula is C44H81N5O16S2. The molecule has 0 radical (unpaired) electrons. The summed E-state index contributed by atoms with van der Waals surface area (Å²) in [5.41, 5.74) is 8.81. The molecule has 3 heterocycles. The molecule has 3 aliphatic heterocycles. The number of likely N-dealkylation sites (tertiary alicyclic amines) is 1. The van der Waals surface area contributed by atoms with Crippen molar-refractivity contribution in [3.63, 3.8) is 0 Å². The Kier molecular flexibility index (Phi) is 25.5. The van der Waals surface area contributed by atoms with E-state index in [1.165, 1.54) is 20.3 Å². The smallest absolute Gasteiger partial charge is 0.321 e. The van der Waals surface area contributed by atoms with Gasteiger partial charge in [0.1, 0.15) is 71.8 Å². The lowest BCUT2D eigenvalue weighted by Gasteiger charge is -2.44. The summed E-state index contributed by atoms with van der Waals surface area (Å²) in [6, 6.07) is -4.88. The SMILES string of the molecule is CCCCC[C@@H]1C[C@@H](C(=O)N[C@@H]([C@H]2O[C@H](SC[C@H](N)C(=O)O)[C@H](O)[C@@H](O)[C@H]2O)[C@@H](C)O)N(C)C1.CCCCC[C@H]1CC[C@H](C(=O)N[C@@H]([C@H]2O[C@H](SC[C@H](N)C(=O)O)[C@H](O)[C@@H](O)[C@H]2O)[C@@H](C)O)C1. The van der Waals surface area contributed by atoms with Gasteiger partial charge in [-0.05, 0) is 64.8 Å². The predicted molar refractivity (Wildman–Crippen MR) is 250 cm³/mol. The van der Waals surface area contributed by atoms with Gasteiger partial charge in [0, 0.05) is 24.0 Å². The maximum atomic E-state index is 13.1. The van der Waals surface area contributed by atoms with Crippen molar-refractivity contribution in [2.45, 2.75) is 207 Å². The van der Waals surface area contributed by atoms with Crippen LogP contribution in [0.5, 0.6) is 0 Å². The van der Waals surface area contributed by atoms with Crippen molar-refractivity contribution >= 4 is 47.3 Å². The fraction of sp³-hybridized carbons (Fsp3) is 0.909. The first kappa shape index (κ1) is 59.4. The lowest BCUT2D eigenvalue weighted by atomic mass is 9.91. The number of nitrogens with zero attached hydrogens (tertiary/aromatic N) is 1. The molecule has 0 bridgehead atoms. The number of hydrogen-bond donors (Lipinski definition) is 14. The van der Waals surface area contributed by atoms with E-state index in [0.717, 1.165) is 94.3 Å². The summed E-state index contributed by atoms with van der Waals surface area (Å²) in [5.74, 6) is -2.46. The number of aliphatic hydroxyl groups excluding tert-OH is 8. The van der Waals surface area contributed by atoms with Crippen LogP contribution >= 0.6 is 23.5 Å². The van der Waals surface area contributed by atoms with E-state index in [9.17, 15) is 60.0 Å². The van der Waals surface area contributed by atoms with Crippen LogP contribution in [0, 0.1) is 17.8 Å². The first-order valence-corrected chi connectivity index (χ1v) is 25.9. The van der Waals surface area contributed by atoms with Crippen molar-refractivity contribution in [3.8, 4) is 0 Å². The molecule has 23 heteroatoms. The van der Waals surface area contributed by atoms with Crippen LogP contribution in [0.3, 0.4) is 0 Å². The van der Waals surface area contributed by atoms with Crippen LogP contribution in [-0.2, 0) is 28.7 Å². The molecule has 0 aromatic heterocycles. The molecule has 0 aromatic rings. The Morgan fingerprint density at radius 2 is 1.07 bits per heavy atom. The largest absolute Gasteiger partial charge is 0.480 e. The summed E-state index contributed by atoms with van der Waals surface area (Å²) in [5, 5.41) is 107. The molecule has 0 aromatic carbocycles. The highest BCUT2D eigenvalue weighted by molar-refractivity contribution is 8.00. The van der Waals surface area contributed by atoms with Gasteiger partial charge in [-0.2, -0.15) is 0 Å². The third-order valence-corrected chi connectivity index (χ3v) is 15.9. The highest BCUT2D eigenvalue weighted by atomic mass is 32.2. The summed E-state index contributed by atoms with van der Waals surface area (Å²) in [4.78, 5) is 50.0. The van der Waals surface area contributed by atoms with Crippen molar-refractivity contribution in [1.82, 2.24) is 15.5 Å². The number of rotatable bonds is 24. The third-order valence-electron chi connectivity index (χ3n) is 13.4. The zero-order valence-corrected chi connectivity index (χ0v) is 41.1. The minimum absolute atomic E-state index is 0.0974. The molecule has 0 spiro atoms. The number of aliphatic carboxylic acids is 2. The summed E-state index contributed by atoms with van der Waals surface area (Å²) >= 11 is 1.77. The number of nitrogens with two attached hydrogens (primary N) is 2. The number of nitrogens with one attached hydrogen (secondary N) is 2. The monoisotopic (exact) mass is 1000 g/mol. The molecule has 1 saturated carbocycles. The maximum Gasteiger partial charge on any atom is 0.321 e. The topological polar surface area (TPSA) is 368 Å². The highest BCUT2D eigenvalue weighted by Crippen LogP contribution is 2.36. The van der Waals surface area contributed by atoms with Crippen LogP contribution in [0.4, 0.5) is 0 Å². The fourth-order valence-electron chi connectivity index (χ4n) is 9.22. The number of carbonyl (C=O) groups is 4. The maximum absolute atomic E-state index is 13.1. The lowest BCUT2D eigenvalue weighted by Crippen LogP contribution is -2.65. The lowest BCUT2D eigenvalue weighted by molar-refractivity contribution is -0.211. The number of ether oxygens (including phenoxy) is 2. The Morgan fingerprint density at radius 3 is 1.49 bits per heavy atom. The van der Waals surface area contributed by atoms with Gasteiger partial charge in [-0.25, -0.2) is 0 Å². The van der Waals surface area contributed by atoms with Gasteiger partial charge in [-0.15, -0.1) is 23.5 Å². The van der Waals surface area contributed by atoms with Crippen LogP contribution in [0.25, 0.3) is 0 Å². The molecule has 20 atom stereocenters. The molecule has 4 rings (SSSR count). The van der Waals surface area contributed by atoms with Crippen molar-refractivity contribution in [2.75, 3.05) is 25.1 Å². The number of likely N-dealkylation sites (N-methyl/N-ethyl adjacent to an activating group) is 1. The molecule has 2 amide bonds. The van der Waals surface area contributed by atoms with E-state index in [1.54, 1.807) is 0 Å². The summed E-state index contributed by atoms with van der Waals surface area (Å²) in [6.45, 7) is 7.99. The number of amides is 2. The standard InChI is InChI=1S/C22H41N3O8S.C22H40N2O8S/c1-4-5-6-7-12-8-14(25(3)9-12)20(30)24-15(11(2)26)19-17(28)16(27)18(29)22(33-19)34-10-13(23)21(31)32;1-3-4-5-6-12-7-8-13(9-12)20(29)24-15(11(2)25)19-17(27)16(26)18(28)22(32-19)33-10-14(23)21(30)31/h11-19,22,26-29H,4-10,23H2,1-3H3,(H,24,30)(H,31,32);11-19,22,25-28H,3-10,23H2,1-2H3,(H,24,29)(H,30,31)/t11-,12-,13+,14+,15-,16+,17-,18-,19-,22-;11-,12+,13+,14+,15-,16+,17-,18-,19-,22-/m11/s1. The Balaban J connectivity index is 0.000000355. The Morgan fingerprint density at radius 1 is 0.642 bits per heavy atom. The summed E-state index contributed by atoms with van der Waals surface area (Å²) in [6.07, 6.45) is -1.78. The molecule has 390 valence electrons. The number of thioether (sulfide) groups is 2. The number of aliphatic hydroxyl groups is 8. The molecule has 1 aliphatic carbocycles. The number of hydrogen-bond acceptors (Lipinski definition) is 19. The Bertz CT molecular complexity index is 1530. The number of carboxylic acids is 2. The zero-order valence-electron chi connectivity index (χ0n) is 39.5. The number of unbranched alkanes of at least 4 members (excludes halogenated alkanes) is 4. The molecule has 0 unspecified atom stereocenters. The Hall–Kier alpha value is -1.94. The van der Waals surface area contributed by atoms with Crippen LogP contribution in [0.15, 0.2) is 0 Å². The second-order valence-corrected chi connectivity index (χ2v) is 21.2. The summed E-state index contributed by atoms with van der Waals surface area (Å²) in [7, 11) is 1.88. The van der Waals surface area contributed by atoms with Crippen molar-refractivity contribution in [3.05, 3.63) is 0 Å². The van der Waals surface area contributed by atoms with E-state index in [0.29, 0.717) is 18.3 Å². The molecule has 3 saturated heterocycles. The normalized spacial score (nSPS) is 35.0. The van der Waals surface area contributed by atoms with Crippen LogP contribution in [0.1, 0.15) is 105 Å². The van der Waals surface area contributed by atoms with Crippen LogP contribution in [-0.4, -0.2) is 207 Å². The van der Waals surface area contributed by atoms with Gasteiger partial charge >= 0.3 is 11.9 Å². The van der Waals surface area contributed by atoms with Crippen LogP contribution < -0.4 is 22.1 Å². The molecule has 21 nitrogen and oxygen atoms in total. The van der Waals surface area contributed by atoms with Crippen molar-refractivity contribution in [1.29, 1.82) is 0 Å². The predicted octanol–water partition coefficient (Wildman–Crippen LogP) is -1.49. The van der Waals surface area contributed by atoms with Gasteiger partial charge in [0.25, 0.3) is 0 Å². The van der Waals surface area contributed by atoms with Gasteiger partial charge in [0.05, 0.1) is 30.3 Å². The van der Waals surface area contributed by atoms with Gasteiger partial charge < -0.3 is 82.6 Å². The van der Waals surface area contributed by atoms with Gasteiger partial charge in [-0.3, -0.25) is 24.1 Å². The minimum atomic E-state index is -1.62. The summed E-state index contributed by atoms with van der Waals surface area (Å²) < 4.78 is 11.5. The van der Waals surface area contributed by atoms with Gasteiger partial charge in [-0.1, -0.05) is 58.8 Å². The zero-order chi connectivity index (χ0) is 50.3. The average Bonchev–Trinajstić information content (AvgIpc) is 3.91. The fourth-order valence-corrected chi connectivity index (χ4v) is 11.4. The highest BCUT2D eigenvalue weighted by Gasteiger charge is 2.50. The van der Waals surface area contributed by atoms with E-state index in [-0.39, 0.29) is 35.3 Å². The van der Waals surface area contributed by atoms with Crippen molar-refractivity contribution < 1.29 is 79.7 Å². The molecular weight excluding hydrogens is 919 g/mol. The molecule has 4 fully saturated rings. The molecule has 16 N–H and O–H groups in total. The second kappa shape index (κ2) is 28.8. The second-order valence-electron chi connectivity index (χ2n) is 18.9. The van der Waals surface area contributed by atoms with Gasteiger partial charge in [0.15, 0.2) is 0 Å². The van der Waals surface area contributed by atoms with E-state index < -0.39 is 108 Å². The number of carboxylic acid groups (broad SMARTS) is 2. The van der Waals surface area contributed by atoms with Gasteiger partial charge in [0.2, 0.25) is 11.8 Å². The van der Waals surface area contributed by atoms with E-state index in [2.05, 4.69) is 24.5 Å². The third kappa shape index (κ3) is 17.4.